The summed E-state index contributed by atoms with van der Waals surface area (Å²) in [6.45, 7) is 1.36. The molecule has 0 N–H and O–H groups in total. The van der Waals surface area contributed by atoms with Crippen molar-refractivity contribution in [3.63, 3.8) is 0 Å². The lowest BCUT2D eigenvalue weighted by molar-refractivity contribution is -0.0209. The molecule has 2 fully saturated rings. The van der Waals surface area contributed by atoms with Crippen LogP contribution in [-0.4, -0.2) is 62.1 Å². The summed E-state index contributed by atoms with van der Waals surface area (Å²) < 4.78 is 19.7. The number of likely N-dealkylation sites (tertiary alicyclic amines) is 1. The average molecular weight is 355 g/mol. The molecular formula is C18H24ClFN2O2. The highest BCUT2D eigenvalue weighted by atomic mass is 35.5. The van der Waals surface area contributed by atoms with Crippen molar-refractivity contribution in [2.45, 2.75) is 25.0 Å². The van der Waals surface area contributed by atoms with Gasteiger partial charge in [-0.3, -0.25) is 4.79 Å². The van der Waals surface area contributed by atoms with E-state index in [2.05, 4.69) is 19.0 Å². The van der Waals surface area contributed by atoms with Gasteiger partial charge >= 0.3 is 0 Å². The Morgan fingerprint density at radius 3 is 2.54 bits per heavy atom. The Morgan fingerprint density at radius 2 is 1.96 bits per heavy atom. The number of carbonyl (C=O) groups excluding carboxylic acids is 1. The van der Waals surface area contributed by atoms with E-state index in [4.69, 9.17) is 16.3 Å². The molecule has 4 atom stereocenters. The van der Waals surface area contributed by atoms with Crippen LogP contribution in [0.3, 0.4) is 0 Å². The van der Waals surface area contributed by atoms with Crippen LogP contribution < -0.4 is 0 Å². The van der Waals surface area contributed by atoms with Crippen molar-refractivity contribution in [2.75, 3.05) is 34.3 Å². The number of hydrogen-bond acceptors (Lipinski definition) is 3. The van der Waals surface area contributed by atoms with Crippen LogP contribution in [0.25, 0.3) is 0 Å². The molecule has 24 heavy (non-hydrogen) atoms. The zero-order valence-corrected chi connectivity index (χ0v) is 15.1. The number of hydrogen-bond donors (Lipinski definition) is 0. The molecule has 4 nitrogen and oxygen atoms in total. The molecule has 0 aromatic heterocycles. The van der Waals surface area contributed by atoms with E-state index in [1.54, 1.807) is 18.1 Å². The van der Waals surface area contributed by atoms with Gasteiger partial charge in [-0.1, -0.05) is 11.6 Å². The van der Waals surface area contributed by atoms with Crippen LogP contribution in [0, 0.1) is 17.7 Å². The highest BCUT2D eigenvalue weighted by Gasteiger charge is 2.44. The summed E-state index contributed by atoms with van der Waals surface area (Å²) in [4.78, 5) is 16.7. The van der Waals surface area contributed by atoms with Gasteiger partial charge < -0.3 is 14.5 Å². The number of fused-ring (bicyclic) bond motifs is 1. The van der Waals surface area contributed by atoms with E-state index in [1.165, 1.54) is 12.1 Å². The summed E-state index contributed by atoms with van der Waals surface area (Å²) >= 11 is 5.78. The van der Waals surface area contributed by atoms with Gasteiger partial charge in [0.1, 0.15) is 5.82 Å². The third-order valence-corrected chi connectivity index (χ3v) is 5.73. The van der Waals surface area contributed by atoms with Crippen LogP contribution >= 0.6 is 11.6 Å². The van der Waals surface area contributed by atoms with Crippen molar-refractivity contribution >= 4 is 17.5 Å². The van der Waals surface area contributed by atoms with Crippen LogP contribution in [-0.2, 0) is 4.74 Å². The average Bonchev–Trinajstić information content (AvgIpc) is 2.95. The van der Waals surface area contributed by atoms with Gasteiger partial charge in [-0.05, 0) is 57.0 Å². The number of halogens is 2. The molecule has 0 bridgehead atoms. The molecule has 0 unspecified atom stereocenters. The maximum absolute atomic E-state index is 14.1. The van der Waals surface area contributed by atoms with Crippen molar-refractivity contribution in [2.24, 2.45) is 11.8 Å². The number of rotatable bonds is 3. The quantitative estimate of drug-likeness (QED) is 0.836. The minimum atomic E-state index is -0.552. The van der Waals surface area contributed by atoms with E-state index in [9.17, 15) is 9.18 Å². The first-order chi connectivity index (χ1) is 11.4. The van der Waals surface area contributed by atoms with Gasteiger partial charge in [-0.15, -0.1) is 0 Å². The molecule has 0 radical (unpaired) electrons. The Morgan fingerprint density at radius 1 is 1.29 bits per heavy atom. The second kappa shape index (κ2) is 6.98. The molecule has 1 aliphatic heterocycles. The lowest BCUT2D eigenvalue weighted by atomic mass is 9.77. The number of methoxy groups -OCH3 is 1. The zero-order chi connectivity index (χ0) is 17.4. The van der Waals surface area contributed by atoms with Gasteiger partial charge in [0.2, 0.25) is 0 Å². The Balaban J connectivity index is 1.74. The predicted molar refractivity (Wildman–Crippen MR) is 91.8 cm³/mol. The van der Waals surface area contributed by atoms with E-state index in [-0.39, 0.29) is 17.6 Å². The molecule has 1 aromatic rings. The van der Waals surface area contributed by atoms with Gasteiger partial charge in [0.05, 0.1) is 11.7 Å². The molecule has 1 aliphatic carbocycles. The number of nitrogens with zero attached hydrogens (tertiary/aromatic N) is 2. The molecule has 2 aliphatic rings. The van der Waals surface area contributed by atoms with E-state index >= 15 is 0 Å². The van der Waals surface area contributed by atoms with Gasteiger partial charge in [-0.2, -0.15) is 0 Å². The first-order valence-electron chi connectivity index (χ1n) is 8.34. The summed E-state index contributed by atoms with van der Waals surface area (Å²) in [6, 6.07) is 4.59. The minimum Gasteiger partial charge on any atom is -0.380 e. The van der Waals surface area contributed by atoms with E-state index in [0.29, 0.717) is 36.0 Å². The number of amides is 1. The molecule has 1 amide bonds. The molecule has 6 heteroatoms. The van der Waals surface area contributed by atoms with E-state index in [1.807, 2.05) is 0 Å². The molecule has 3 rings (SSSR count). The fourth-order valence-corrected chi connectivity index (χ4v) is 4.34. The highest BCUT2D eigenvalue weighted by Crippen LogP contribution is 2.39. The fraction of sp³-hybridized carbons (Fsp3) is 0.611. The molecule has 1 saturated carbocycles. The van der Waals surface area contributed by atoms with Crippen LogP contribution in [0.2, 0.25) is 5.02 Å². The van der Waals surface area contributed by atoms with Gasteiger partial charge in [0.15, 0.2) is 0 Å². The van der Waals surface area contributed by atoms with Crippen molar-refractivity contribution in [3.8, 4) is 0 Å². The number of benzene rings is 1. The summed E-state index contributed by atoms with van der Waals surface area (Å²) in [6.07, 6.45) is 2.13. The molecular weight excluding hydrogens is 331 g/mol. The van der Waals surface area contributed by atoms with Crippen molar-refractivity contribution in [3.05, 3.63) is 34.6 Å². The predicted octanol–water partition coefficient (Wildman–Crippen LogP) is 2.91. The third-order valence-electron chi connectivity index (χ3n) is 5.50. The maximum Gasteiger partial charge on any atom is 0.256 e. The Labute approximate surface area is 147 Å². The summed E-state index contributed by atoms with van der Waals surface area (Å²) in [5.74, 6) is 0.0748. The van der Waals surface area contributed by atoms with E-state index < -0.39 is 5.82 Å². The zero-order valence-electron chi connectivity index (χ0n) is 14.3. The second-order valence-corrected chi connectivity index (χ2v) is 7.57. The normalized spacial score (nSPS) is 29.8. The fourth-order valence-electron chi connectivity index (χ4n) is 4.19. The van der Waals surface area contributed by atoms with Crippen LogP contribution in [0.15, 0.2) is 18.2 Å². The monoisotopic (exact) mass is 354 g/mol. The standard InChI is InChI=1S/C18H24ClFN2O2/c1-21(2)16-6-11-9-22(10-12(11)7-17(16)24-3)18(23)14-5-4-13(19)8-15(14)20/h4-5,8,11-12,16-17H,6-7,9-10H2,1-3H3/t11-,12+,16-,17-/m1/s1. The smallest absolute Gasteiger partial charge is 0.256 e. The van der Waals surface area contributed by atoms with Gasteiger partial charge in [0.25, 0.3) is 5.91 Å². The number of likely N-dealkylation sites (N-methyl/N-ethyl adjacent to an activating group) is 1. The van der Waals surface area contributed by atoms with Gasteiger partial charge in [0, 0.05) is 31.3 Å². The molecule has 1 saturated heterocycles. The van der Waals surface area contributed by atoms with Crippen LogP contribution in [0.4, 0.5) is 4.39 Å². The molecule has 1 aromatic carbocycles. The maximum atomic E-state index is 14.1. The van der Waals surface area contributed by atoms with Crippen molar-refractivity contribution in [1.29, 1.82) is 0 Å². The Kier molecular flexibility index (Phi) is 5.13. The Hall–Kier alpha value is -1.17. The topological polar surface area (TPSA) is 32.8 Å². The molecule has 0 spiro atoms. The number of carbonyl (C=O) groups is 1. The van der Waals surface area contributed by atoms with Gasteiger partial charge in [-0.25, -0.2) is 4.39 Å². The van der Waals surface area contributed by atoms with Crippen molar-refractivity contribution in [1.82, 2.24) is 9.80 Å². The SMILES string of the molecule is CO[C@@H]1C[C@H]2CN(C(=O)c3ccc(Cl)cc3F)C[C@H]2C[C@H]1N(C)C. The number of ether oxygens (including phenoxy) is 1. The second-order valence-electron chi connectivity index (χ2n) is 7.13. The van der Waals surface area contributed by atoms with Crippen LogP contribution in [0.5, 0.6) is 0 Å². The summed E-state index contributed by atoms with van der Waals surface area (Å²) in [5, 5.41) is 0.302. The molecule has 132 valence electrons. The third kappa shape index (κ3) is 3.30. The Bertz CT molecular complexity index is 625. The van der Waals surface area contributed by atoms with Crippen LogP contribution in [0.1, 0.15) is 23.2 Å². The van der Waals surface area contributed by atoms with Crippen molar-refractivity contribution < 1.29 is 13.9 Å². The molecule has 1 heterocycles. The first-order valence-corrected chi connectivity index (χ1v) is 8.72. The lowest BCUT2D eigenvalue weighted by Gasteiger charge is -2.40. The summed E-state index contributed by atoms with van der Waals surface area (Å²) in [7, 11) is 5.89. The van der Waals surface area contributed by atoms with E-state index in [0.717, 1.165) is 12.8 Å². The highest BCUT2D eigenvalue weighted by molar-refractivity contribution is 6.30. The lowest BCUT2D eigenvalue weighted by Crippen LogP contribution is -2.47. The largest absolute Gasteiger partial charge is 0.380 e. The minimum absolute atomic E-state index is 0.102. The first kappa shape index (κ1) is 17.6. The summed E-state index contributed by atoms with van der Waals surface area (Å²) in [5.41, 5.74) is 0.102.